The fraction of sp³-hybridized carbons (Fsp3) is 0.318. The van der Waals surface area contributed by atoms with Crippen LogP contribution in [-0.2, 0) is 0 Å². The highest BCUT2D eigenvalue weighted by atomic mass is 19.3. The monoisotopic (exact) mass is 448 g/mol. The molecule has 0 fully saturated rings. The van der Waals surface area contributed by atoms with Crippen LogP contribution in [0.1, 0.15) is 31.7 Å². The van der Waals surface area contributed by atoms with Gasteiger partial charge in [-0.3, -0.25) is 4.98 Å². The predicted molar refractivity (Wildman–Crippen MR) is 113 cm³/mol. The molecule has 0 aliphatic heterocycles. The molecule has 3 rings (SSSR count). The van der Waals surface area contributed by atoms with Crippen LogP contribution in [0.2, 0.25) is 0 Å². The van der Waals surface area contributed by atoms with Crippen molar-refractivity contribution in [3.8, 4) is 28.3 Å². The molecule has 0 saturated heterocycles. The number of anilines is 1. The molecule has 0 aliphatic carbocycles. The van der Waals surface area contributed by atoms with Gasteiger partial charge >= 0.3 is 0 Å². The van der Waals surface area contributed by atoms with Crippen molar-refractivity contribution in [3.63, 3.8) is 0 Å². The first-order valence-corrected chi connectivity index (χ1v) is 9.69. The maximum atomic E-state index is 13.5. The molecule has 0 saturated carbocycles. The first-order chi connectivity index (χ1) is 15.0. The molecule has 32 heavy (non-hydrogen) atoms. The normalized spacial score (nSPS) is 12.8. The number of hydrogen-bond acceptors (Lipinski definition) is 7. The number of benzene rings is 1. The Bertz CT molecular complexity index is 1100. The van der Waals surface area contributed by atoms with E-state index in [1.807, 2.05) is 0 Å². The minimum atomic E-state index is -2.82. The molecular formula is C22H23F3N4O3. The van der Waals surface area contributed by atoms with Gasteiger partial charge in [0.05, 0.1) is 16.9 Å². The summed E-state index contributed by atoms with van der Waals surface area (Å²) in [6, 6.07) is 8.08. The Morgan fingerprint density at radius 2 is 1.72 bits per heavy atom. The van der Waals surface area contributed by atoms with Crippen LogP contribution in [0.3, 0.4) is 0 Å². The molecule has 7 nitrogen and oxygen atoms in total. The van der Waals surface area contributed by atoms with Crippen LogP contribution in [0.5, 0.6) is 5.88 Å². The highest BCUT2D eigenvalue weighted by Gasteiger charge is 2.27. The molecule has 1 aromatic carbocycles. The summed E-state index contributed by atoms with van der Waals surface area (Å²) in [5, 5.41) is 20.1. The fourth-order valence-corrected chi connectivity index (χ4v) is 2.95. The lowest BCUT2D eigenvalue weighted by atomic mass is 9.99. The molecule has 10 heteroatoms. The molecule has 0 bridgehead atoms. The maximum Gasteiger partial charge on any atom is 0.280 e. The van der Waals surface area contributed by atoms with Crippen molar-refractivity contribution < 1.29 is 28.1 Å². The Morgan fingerprint density at radius 1 is 1.06 bits per heavy atom. The number of pyridine rings is 1. The van der Waals surface area contributed by atoms with Gasteiger partial charge in [0.2, 0.25) is 11.8 Å². The van der Waals surface area contributed by atoms with E-state index >= 15 is 0 Å². The molecule has 0 radical (unpaired) electrons. The number of rotatable bonds is 7. The Balaban J connectivity index is 2.22. The van der Waals surface area contributed by atoms with Crippen LogP contribution in [0.4, 0.5) is 19.1 Å². The van der Waals surface area contributed by atoms with Gasteiger partial charge in [0.15, 0.2) is 0 Å². The summed E-state index contributed by atoms with van der Waals surface area (Å²) in [5.74, 6) is -0.742. The van der Waals surface area contributed by atoms with Crippen molar-refractivity contribution in [3.05, 3.63) is 53.6 Å². The number of aliphatic hydroxyl groups is 2. The molecule has 2 aromatic heterocycles. The largest absolute Gasteiger partial charge is 0.474 e. The second kappa shape index (κ2) is 9.09. The van der Waals surface area contributed by atoms with E-state index in [0.29, 0.717) is 11.3 Å². The minimum absolute atomic E-state index is 0.0917. The van der Waals surface area contributed by atoms with Crippen LogP contribution in [-0.4, -0.2) is 43.5 Å². The molecule has 1 atom stereocenters. The number of nitrogens with two attached hydrogens (primary N) is 1. The number of nitrogen functional groups attached to an aromatic ring is 1. The smallest absolute Gasteiger partial charge is 0.280 e. The number of halogens is 3. The van der Waals surface area contributed by atoms with Crippen LogP contribution in [0.25, 0.3) is 22.4 Å². The van der Waals surface area contributed by atoms with E-state index in [1.165, 1.54) is 44.2 Å². The quantitative estimate of drug-likeness (QED) is 0.505. The number of nitrogens with zero attached hydrogens (tertiary/aromatic N) is 3. The van der Waals surface area contributed by atoms with E-state index in [-0.39, 0.29) is 35.3 Å². The van der Waals surface area contributed by atoms with Gasteiger partial charge in [-0.2, -0.15) is 4.98 Å². The van der Waals surface area contributed by atoms with Gasteiger partial charge < -0.3 is 20.7 Å². The highest BCUT2D eigenvalue weighted by molar-refractivity contribution is 5.85. The second-order valence-corrected chi connectivity index (χ2v) is 7.82. The molecular weight excluding hydrogens is 425 g/mol. The number of hydrogen-bond donors (Lipinski definition) is 3. The van der Waals surface area contributed by atoms with E-state index in [2.05, 4.69) is 15.0 Å². The zero-order valence-corrected chi connectivity index (χ0v) is 17.7. The zero-order chi connectivity index (χ0) is 23.6. The third-order valence-electron chi connectivity index (χ3n) is 4.69. The topological polar surface area (TPSA) is 114 Å². The molecule has 4 N–H and O–H groups in total. The Morgan fingerprint density at radius 3 is 2.31 bits per heavy atom. The second-order valence-electron chi connectivity index (χ2n) is 7.82. The lowest BCUT2D eigenvalue weighted by molar-refractivity contribution is -0.0666. The van der Waals surface area contributed by atoms with Gasteiger partial charge in [0.1, 0.15) is 24.2 Å². The third-order valence-corrected chi connectivity index (χ3v) is 4.69. The van der Waals surface area contributed by atoms with Crippen molar-refractivity contribution in [2.45, 2.75) is 38.9 Å². The summed E-state index contributed by atoms with van der Waals surface area (Å²) in [7, 11) is 0. The van der Waals surface area contributed by atoms with Gasteiger partial charge in [0.25, 0.3) is 6.43 Å². The SMILES string of the molecule is Cc1cc(-c2c(OC[C@H](O)C(C)(C)O)nc(N)nc2-c2ccc(F)cc2)cc(C(F)F)n1. The van der Waals surface area contributed by atoms with Crippen LogP contribution < -0.4 is 10.5 Å². The van der Waals surface area contributed by atoms with Gasteiger partial charge in [-0.1, -0.05) is 0 Å². The van der Waals surface area contributed by atoms with Gasteiger partial charge in [-0.05, 0) is 62.7 Å². The van der Waals surface area contributed by atoms with Crippen LogP contribution >= 0.6 is 0 Å². The zero-order valence-electron chi connectivity index (χ0n) is 17.7. The summed E-state index contributed by atoms with van der Waals surface area (Å²) in [6.07, 6.45) is -4.10. The van der Waals surface area contributed by atoms with Crippen molar-refractivity contribution >= 4 is 5.95 Å². The summed E-state index contributed by atoms with van der Waals surface area (Å²) >= 11 is 0. The Kier molecular flexibility index (Phi) is 6.65. The van der Waals surface area contributed by atoms with Crippen molar-refractivity contribution in [2.75, 3.05) is 12.3 Å². The third kappa shape index (κ3) is 5.32. The Labute approximate surface area is 182 Å². The van der Waals surface area contributed by atoms with Crippen LogP contribution in [0.15, 0.2) is 36.4 Å². The van der Waals surface area contributed by atoms with Crippen molar-refractivity contribution in [1.29, 1.82) is 0 Å². The average Bonchev–Trinajstić information content (AvgIpc) is 2.70. The Hall–Kier alpha value is -3.24. The molecule has 3 aromatic rings. The molecule has 0 amide bonds. The van der Waals surface area contributed by atoms with Crippen molar-refractivity contribution in [2.24, 2.45) is 0 Å². The van der Waals surface area contributed by atoms with Crippen molar-refractivity contribution in [1.82, 2.24) is 15.0 Å². The van der Waals surface area contributed by atoms with Gasteiger partial charge in [-0.15, -0.1) is 0 Å². The standard InChI is InChI=1S/C22H23F3N4O3/c1-11-8-13(9-15(27-11)19(24)25)17-18(12-4-6-14(23)7-5-12)28-21(26)29-20(17)32-10-16(30)22(2,3)31/h4-9,16,19,30-31H,10H2,1-3H3,(H2,26,28,29)/t16-/m0/s1. The summed E-state index contributed by atoms with van der Waals surface area (Å²) < 4.78 is 46.0. The lowest BCUT2D eigenvalue weighted by Gasteiger charge is -2.25. The lowest BCUT2D eigenvalue weighted by Crippen LogP contribution is -2.40. The number of aryl methyl sites for hydroxylation is 1. The summed E-state index contributed by atoms with van der Waals surface area (Å²) in [5.41, 5.74) is 5.40. The molecule has 0 unspecified atom stereocenters. The van der Waals surface area contributed by atoms with Gasteiger partial charge in [-0.25, -0.2) is 18.2 Å². The van der Waals surface area contributed by atoms with Crippen LogP contribution in [0, 0.1) is 12.7 Å². The predicted octanol–water partition coefficient (Wildman–Crippen LogP) is 3.68. The molecule has 170 valence electrons. The maximum absolute atomic E-state index is 13.5. The molecule has 0 spiro atoms. The van der Waals surface area contributed by atoms with E-state index < -0.39 is 29.6 Å². The first-order valence-electron chi connectivity index (χ1n) is 9.69. The first kappa shape index (κ1) is 23.4. The minimum Gasteiger partial charge on any atom is -0.474 e. The highest BCUT2D eigenvalue weighted by Crippen LogP contribution is 2.39. The van der Waals surface area contributed by atoms with Gasteiger partial charge in [0, 0.05) is 11.3 Å². The number of ether oxygens (including phenoxy) is 1. The van der Waals surface area contributed by atoms with E-state index in [9.17, 15) is 23.4 Å². The molecule has 0 aliphatic rings. The summed E-state index contributed by atoms with van der Waals surface area (Å²) in [6.45, 7) is 4.01. The van der Waals surface area contributed by atoms with E-state index in [4.69, 9.17) is 10.5 Å². The number of aromatic nitrogens is 3. The molecule has 2 heterocycles. The number of aliphatic hydroxyl groups excluding tert-OH is 1. The van der Waals surface area contributed by atoms with E-state index in [0.717, 1.165) is 0 Å². The fourth-order valence-electron chi connectivity index (χ4n) is 2.95. The summed E-state index contributed by atoms with van der Waals surface area (Å²) in [4.78, 5) is 12.2. The van der Waals surface area contributed by atoms with E-state index in [1.54, 1.807) is 13.0 Å². The number of alkyl halides is 2. The average molecular weight is 448 g/mol.